The lowest BCUT2D eigenvalue weighted by molar-refractivity contribution is -0.130. The zero-order valence-electron chi connectivity index (χ0n) is 13.7. The number of hydrogen-bond donors (Lipinski definition) is 1. The summed E-state index contributed by atoms with van der Waals surface area (Å²) in [6.07, 6.45) is 2.05. The van der Waals surface area contributed by atoms with Crippen LogP contribution < -0.4 is 5.32 Å². The van der Waals surface area contributed by atoms with E-state index in [1.807, 2.05) is 36.1 Å². The quantitative estimate of drug-likeness (QED) is 0.866. The summed E-state index contributed by atoms with van der Waals surface area (Å²) in [6.45, 7) is 3.47. The second-order valence-corrected chi connectivity index (χ2v) is 6.71. The molecule has 1 aliphatic heterocycles. The van der Waals surface area contributed by atoms with Crippen LogP contribution in [0.1, 0.15) is 18.4 Å². The van der Waals surface area contributed by atoms with Crippen molar-refractivity contribution in [2.75, 3.05) is 37.0 Å². The van der Waals surface area contributed by atoms with Crippen molar-refractivity contribution in [3.63, 3.8) is 0 Å². The van der Waals surface area contributed by atoms with Crippen LogP contribution in [0.3, 0.4) is 0 Å². The van der Waals surface area contributed by atoms with Crippen molar-refractivity contribution in [2.24, 2.45) is 0 Å². The Hall–Kier alpha value is -1.53. The van der Waals surface area contributed by atoms with E-state index < -0.39 is 0 Å². The highest BCUT2D eigenvalue weighted by molar-refractivity contribution is 8.00. The lowest BCUT2D eigenvalue weighted by Gasteiger charge is -2.31. The molecule has 1 saturated heterocycles. The maximum absolute atomic E-state index is 12.1. The number of nitrogens with zero attached hydrogens (tertiary/aromatic N) is 1. The lowest BCUT2D eigenvalue weighted by atomic mass is 10.1. The molecule has 1 aliphatic rings. The number of thioether (sulfide) groups is 1. The second kappa shape index (κ2) is 8.93. The third-order valence-corrected chi connectivity index (χ3v) is 4.81. The van der Waals surface area contributed by atoms with E-state index in [0.717, 1.165) is 37.2 Å². The molecule has 1 fully saturated rings. The number of nitrogens with one attached hydrogen (secondary N) is 1. The highest BCUT2D eigenvalue weighted by Crippen LogP contribution is 2.15. The van der Waals surface area contributed by atoms with Crippen molar-refractivity contribution in [2.45, 2.75) is 25.9 Å². The SMILES string of the molecule is COC1CCN(C(=O)CSCC(=O)Nc2cccc(C)c2)CC1. The molecular weight excluding hydrogens is 312 g/mol. The summed E-state index contributed by atoms with van der Waals surface area (Å²) < 4.78 is 5.30. The van der Waals surface area contributed by atoms with E-state index >= 15 is 0 Å². The van der Waals surface area contributed by atoms with Crippen LogP contribution in [0.5, 0.6) is 0 Å². The first kappa shape index (κ1) is 17.8. The third kappa shape index (κ3) is 5.88. The van der Waals surface area contributed by atoms with Gasteiger partial charge < -0.3 is 15.0 Å². The second-order valence-electron chi connectivity index (χ2n) is 5.73. The molecule has 0 atom stereocenters. The minimum Gasteiger partial charge on any atom is -0.381 e. The normalized spacial score (nSPS) is 15.5. The predicted molar refractivity (Wildman–Crippen MR) is 93.7 cm³/mol. The number of anilines is 1. The average molecular weight is 336 g/mol. The molecule has 1 aromatic carbocycles. The van der Waals surface area contributed by atoms with E-state index in [2.05, 4.69) is 5.32 Å². The number of methoxy groups -OCH3 is 1. The monoisotopic (exact) mass is 336 g/mol. The Kier molecular flexibility index (Phi) is 6.92. The Labute approximate surface area is 141 Å². The molecule has 0 saturated carbocycles. The van der Waals surface area contributed by atoms with Gasteiger partial charge in [0.1, 0.15) is 0 Å². The number of amides is 2. The number of hydrogen-bond acceptors (Lipinski definition) is 4. The van der Waals surface area contributed by atoms with Gasteiger partial charge >= 0.3 is 0 Å². The van der Waals surface area contributed by atoms with Gasteiger partial charge in [0.15, 0.2) is 0 Å². The van der Waals surface area contributed by atoms with Crippen molar-refractivity contribution in [3.8, 4) is 0 Å². The van der Waals surface area contributed by atoms with E-state index in [1.165, 1.54) is 11.8 Å². The van der Waals surface area contributed by atoms with Gasteiger partial charge in [-0.1, -0.05) is 12.1 Å². The fourth-order valence-corrected chi connectivity index (χ4v) is 3.30. The minimum atomic E-state index is -0.0773. The summed E-state index contributed by atoms with van der Waals surface area (Å²) in [7, 11) is 1.71. The average Bonchev–Trinajstić information content (AvgIpc) is 2.55. The molecule has 0 bridgehead atoms. The van der Waals surface area contributed by atoms with Crippen molar-refractivity contribution in [1.82, 2.24) is 4.90 Å². The molecule has 2 rings (SSSR count). The van der Waals surface area contributed by atoms with Crippen LogP contribution in [0, 0.1) is 6.92 Å². The predicted octanol–water partition coefficient (Wildman–Crippen LogP) is 2.30. The van der Waals surface area contributed by atoms with Gasteiger partial charge in [0, 0.05) is 25.9 Å². The third-order valence-electron chi connectivity index (χ3n) is 3.89. The van der Waals surface area contributed by atoms with Gasteiger partial charge in [0.05, 0.1) is 17.6 Å². The largest absolute Gasteiger partial charge is 0.381 e. The van der Waals surface area contributed by atoms with Gasteiger partial charge in [-0.15, -0.1) is 11.8 Å². The summed E-state index contributed by atoms with van der Waals surface area (Å²) in [5, 5.41) is 2.85. The number of aryl methyl sites for hydroxylation is 1. The molecule has 126 valence electrons. The van der Waals surface area contributed by atoms with Crippen molar-refractivity contribution < 1.29 is 14.3 Å². The molecule has 23 heavy (non-hydrogen) atoms. The molecule has 0 radical (unpaired) electrons. The number of benzene rings is 1. The Morgan fingerprint density at radius 3 is 2.70 bits per heavy atom. The van der Waals surface area contributed by atoms with Crippen LogP contribution in [0.25, 0.3) is 0 Å². The Morgan fingerprint density at radius 1 is 1.30 bits per heavy atom. The molecule has 0 unspecified atom stereocenters. The van der Waals surface area contributed by atoms with Gasteiger partial charge in [0.25, 0.3) is 0 Å². The Bertz CT molecular complexity index is 542. The maximum Gasteiger partial charge on any atom is 0.234 e. The fraction of sp³-hybridized carbons (Fsp3) is 0.529. The fourth-order valence-electron chi connectivity index (χ4n) is 2.58. The van der Waals surface area contributed by atoms with Crippen LogP contribution in [0.4, 0.5) is 5.69 Å². The number of likely N-dealkylation sites (tertiary alicyclic amines) is 1. The molecule has 5 nitrogen and oxygen atoms in total. The van der Waals surface area contributed by atoms with Crippen LogP contribution in [0.15, 0.2) is 24.3 Å². The zero-order valence-corrected chi connectivity index (χ0v) is 14.5. The summed E-state index contributed by atoms with van der Waals surface area (Å²) in [5.74, 6) is 0.659. The first-order chi connectivity index (χ1) is 11.1. The smallest absolute Gasteiger partial charge is 0.234 e. The van der Waals surface area contributed by atoms with Crippen LogP contribution in [-0.2, 0) is 14.3 Å². The van der Waals surface area contributed by atoms with E-state index in [1.54, 1.807) is 7.11 Å². The molecule has 1 heterocycles. The molecule has 2 amide bonds. The molecule has 0 aliphatic carbocycles. The minimum absolute atomic E-state index is 0.0773. The van der Waals surface area contributed by atoms with Gasteiger partial charge in [-0.2, -0.15) is 0 Å². The van der Waals surface area contributed by atoms with Gasteiger partial charge in [-0.25, -0.2) is 0 Å². The van der Waals surface area contributed by atoms with E-state index in [4.69, 9.17) is 4.74 Å². The number of piperidine rings is 1. The maximum atomic E-state index is 12.1. The number of rotatable bonds is 6. The first-order valence-electron chi connectivity index (χ1n) is 7.83. The van der Waals surface area contributed by atoms with E-state index in [9.17, 15) is 9.59 Å². The standard InChI is InChI=1S/C17H24N2O3S/c1-13-4-3-5-14(10-13)18-16(20)11-23-12-17(21)19-8-6-15(22-2)7-9-19/h3-5,10,15H,6-9,11-12H2,1-2H3,(H,18,20). The van der Waals surface area contributed by atoms with Crippen molar-refractivity contribution in [3.05, 3.63) is 29.8 Å². The number of ether oxygens (including phenoxy) is 1. The van der Waals surface area contributed by atoms with E-state index in [0.29, 0.717) is 5.75 Å². The van der Waals surface area contributed by atoms with Crippen molar-refractivity contribution >= 4 is 29.3 Å². The summed E-state index contributed by atoms with van der Waals surface area (Å²) >= 11 is 1.36. The molecule has 0 spiro atoms. The van der Waals surface area contributed by atoms with Crippen LogP contribution >= 0.6 is 11.8 Å². The molecule has 1 N–H and O–H groups in total. The summed E-state index contributed by atoms with van der Waals surface area (Å²) in [4.78, 5) is 25.9. The molecule has 1 aromatic rings. The number of carbonyl (C=O) groups excluding carboxylic acids is 2. The van der Waals surface area contributed by atoms with Crippen LogP contribution in [-0.4, -0.2) is 54.5 Å². The van der Waals surface area contributed by atoms with Gasteiger partial charge in [0.2, 0.25) is 11.8 Å². The first-order valence-corrected chi connectivity index (χ1v) is 8.99. The number of carbonyl (C=O) groups is 2. The molecular formula is C17H24N2O3S. The summed E-state index contributed by atoms with van der Waals surface area (Å²) in [5.41, 5.74) is 1.90. The molecule has 6 heteroatoms. The van der Waals surface area contributed by atoms with E-state index in [-0.39, 0.29) is 23.7 Å². The Balaban J connectivity index is 1.66. The molecule has 0 aromatic heterocycles. The zero-order chi connectivity index (χ0) is 16.7. The van der Waals surface area contributed by atoms with Crippen LogP contribution in [0.2, 0.25) is 0 Å². The Morgan fingerprint density at radius 2 is 2.04 bits per heavy atom. The summed E-state index contributed by atoms with van der Waals surface area (Å²) in [6, 6.07) is 7.68. The van der Waals surface area contributed by atoms with Gasteiger partial charge in [-0.05, 0) is 37.5 Å². The highest BCUT2D eigenvalue weighted by Gasteiger charge is 2.22. The lowest BCUT2D eigenvalue weighted by Crippen LogP contribution is -2.41. The highest BCUT2D eigenvalue weighted by atomic mass is 32.2. The topological polar surface area (TPSA) is 58.6 Å². The van der Waals surface area contributed by atoms with Gasteiger partial charge in [-0.3, -0.25) is 9.59 Å². The van der Waals surface area contributed by atoms with Crippen molar-refractivity contribution in [1.29, 1.82) is 0 Å².